The number of sulfonamides is 1. The monoisotopic (exact) mass is 322 g/mol. The highest BCUT2D eigenvalue weighted by Gasteiger charge is 2.36. The van der Waals surface area contributed by atoms with Crippen LogP contribution < -0.4 is 5.32 Å². The number of carbonyl (C=O) groups is 1. The summed E-state index contributed by atoms with van der Waals surface area (Å²) in [5.74, 6) is 0.377. The highest BCUT2D eigenvalue weighted by atomic mass is 32.2. The maximum Gasteiger partial charge on any atom is 0.238 e. The van der Waals surface area contributed by atoms with Crippen molar-refractivity contribution in [1.29, 1.82) is 0 Å². The molecule has 1 aromatic heterocycles. The second-order valence-corrected chi connectivity index (χ2v) is 7.39. The summed E-state index contributed by atoms with van der Waals surface area (Å²) in [5, 5.41) is 2.77. The van der Waals surface area contributed by atoms with E-state index in [9.17, 15) is 13.2 Å². The maximum atomic E-state index is 12.2. The molecule has 0 radical (unpaired) electrons. The van der Waals surface area contributed by atoms with Crippen LogP contribution in [0.15, 0.2) is 24.3 Å². The Morgan fingerprint density at radius 3 is 2.95 bits per heavy atom. The number of benzene rings is 1. The number of nitrogens with one attached hydrogen (secondary N) is 2. The SMILES string of the molecule is CS(=O)(=O)N1CCCC1C(=O)NCc1nc2ccccc2[nH]1. The number of fused-ring (bicyclic) bond motifs is 1. The van der Waals surface area contributed by atoms with Gasteiger partial charge in [0.15, 0.2) is 0 Å². The summed E-state index contributed by atoms with van der Waals surface area (Å²) >= 11 is 0. The topological polar surface area (TPSA) is 95.2 Å². The molecule has 1 fully saturated rings. The van der Waals surface area contributed by atoms with Gasteiger partial charge in [0.25, 0.3) is 0 Å². The molecule has 2 heterocycles. The van der Waals surface area contributed by atoms with Gasteiger partial charge in [0.2, 0.25) is 15.9 Å². The zero-order valence-corrected chi connectivity index (χ0v) is 13.1. The number of carbonyl (C=O) groups excluding carboxylic acids is 1. The summed E-state index contributed by atoms with van der Waals surface area (Å²) < 4.78 is 24.6. The average Bonchev–Trinajstić information content (AvgIpc) is 3.10. The predicted octanol–water partition coefficient (Wildman–Crippen LogP) is 0.603. The first-order valence-corrected chi connectivity index (χ1v) is 8.98. The van der Waals surface area contributed by atoms with Crippen LogP contribution in [0.1, 0.15) is 18.7 Å². The Balaban J connectivity index is 1.67. The number of para-hydroxylation sites is 2. The van der Waals surface area contributed by atoms with Crippen LogP contribution in [0.25, 0.3) is 11.0 Å². The van der Waals surface area contributed by atoms with Crippen molar-refractivity contribution < 1.29 is 13.2 Å². The van der Waals surface area contributed by atoms with Gasteiger partial charge in [0.1, 0.15) is 11.9 Å². The summed E-state index contributed by atoms with van der Waals surface area (Å²) in [6.07, 6.45) is 2.40. The maximum absolute atomic E-state index is 12.2. The minimum atomic E-state index is -3.35. The number of hydrogen-bond donors (Lipinski definition) is 2. The zero-order valence-electron chi connectivity index (χ0n) is 12.2. The summed E-state index contributed by atoms with van der Waals surface area (Å²) in [6, 6.07) is 6.99. The van der Waals surface area contributed by atoms with Crippen LogP contribution in [0, 0.1) is 0 Å². The molecule has 1 aliphatic heterocycles. The lowest BCUT2D eigenvalue weighted by atomic mass is 10.2. The van der Waals surface area contributed by atoms with Crippen LogP contribution in [0.2, 0.25) is 0 Å². The fourth-order valence-electron chi connectivity index (χ4n) is 2.78. The molecule has 7 nitrogen and oxygen atoms in total. The molecule has 1 aromatic carbocycles. The average molecular weight is 322 g/mol. The van der Waals surface area contributed by atoms with E-state index in [0.29, 0.717) is 25.2 Å². The zero-order chi connectivity index (χ0) is 15.7. The number of amides is 1. The molecule has 1 aliphatic rings. The lowest BCUT2D eigenvalue weighted by molar-refractivity contribution is -0.124. The molecule has 2 aromatic rings. The number of H-pyrrole nitrogens is 1. The first-order valence-electron chi connectivity index (χ1n) is 7.13. The quantitative estimate of drug-likeness (QED) is 0.862. The second kappa shape index (κ2) is 5.69. The van der Waals surface area contributed by atoms with Crippen molar-refractivity contribution in [2.24, 2.45) is 0 Å². The third kappa shape index (κ3) is 2.97. The van der Waals surface area contributed by atoms with Crippen molar-refractivity contribution in [2.75, 3.05) is 12.8 Å². The Morgan fingerprint density at radius 1 is 1.45 bits per heavy atom. The standard InChI is InChI=1S/C14H18N4O3S/c1-22(20,21)18-8-4-7-12(18)14(19)15-9-13-16-10-5-2-3-6-11(10)17-13/h2-3,5-6,12H,4,7-9H2,1H3,(H,15,19)(H,16,17). The third-order valence-corrected chi connectivity index (χ3v) is 5.09. The number of nitrogens with zero attached hydrogens (tertiary/aromatic N) is 2. The van der Waals surface area contributed by atoms with E-state index in [1.165, 1.54) is 4.31 Å². The Hall–Kier alpha value is -1.93. The van der Waals surface area contributed by atoms with Gasteiger partial charge in [-0.15, -0.1) is 0 Å². The Morgan fingerprint density at radius 2 is 2.23 bits per heavy atom. The summed E-state index contributed by atoms with van der Waals surface area (Å²) in [5.41, 5.74) is 1.75. The predicted molar refractivity (Wildman–Crippen MR) is 82.5 cm³/mol. The van der Waals surface area contributed by atoms with Gasteiger partial charge < -0.3 is 10.3 Å². The van der Waals surface area contributed by atoms with E-state index in [1.807, 2.05) is 24.3 Å². The van der Waals surface area contributed by atoms with Gasteiger partial charge in [-0.1, -0.05) is 12.1 Å². The van der Waals surface area contributed by atoms with Crippen molar-refractivity contribution in [2.45, 2.75) is 25.4 Å². The number of hydrogen-bond acceptors (Lipinski definition) is 4. The molecule has 118 valence electrons. The van der Waals surface area contributed by atoms with Crippen LogP contribution in [0.3, 0.4) is 0 Å². The smallest absolute Gasteiger partial charge is 0.238 e. The minimum Gasteiger partial charge on any atom is -0.347 e. The highest BCUT2D eigenvalue weighted by Crippen LogP contribution is 2.20. The van der Waals surface area contributed by atoms with Crippen LogP contribution in [0.4, 0.5) is 0 Å². The van der Waals surface area contributed by atoms with E-state index < -0.39 is 16.1 Å². The van der Waals surface area contributed by atoms with Gasteiger partial charge in [0, 0.05) is 6.54 Å². The summed E-state index contributed by atoms with van der Waals surface area (Å²) in [6.45, 7) is 0.656. The largest absolute Gasteiger partial charge is 0.347 e. The van der Waals surface area contributed by atoms with Gasteiger partial charge in [-0.25, -0.2) is 13.4 Å². The Labute approximate surface area is 128 Å². The first-order chi connectivity index (χ1) is 10.4. The van der Waals surface area contributed by atoms with Crippen molar-refractivity contribution in [3.05, 3.63) is 30.1 Å². The molecule has 1 saturated heterocycles. The highest BCUT2D eigenvalue weighted by molar-refractivity contribution is 7.88. The first kappa shape index (κ1) is 15.0. The van der Waals surface area contributed by atoms with Gasteiger partial charge >= 0.3 is 0 Å². The number of rotatable bonds is 4. The molecule has 22 heavy (non-hydrogen) atoms. The lowest BCUT2D eigenvalue weighted by Gasteiger charge is -2.21. The molecule has 0 bridgehead atoms. The molecular formula is C14H18N4O3S. The molecule has 3 rings (SSSR count). The van der Waals surface area contributed by atoms with Crippen molar-refractivity contribution in [3.63, 3.8) is 0 Å². The summed E-state index contributed by atoms with van der Waals surface area (Å²) in [4.78, 5) is 19.7. The number of imidazole rings is 1. The van der Waals surface area contributed by atoms with E-state index in [-0.39, 0.29) is 12.5 Å². The van der Waals surface area contributed by atoms with Gasteiger partial charge in [-0.05, 0) is 25.0 Å². The van der Waals surface area contributed by atoms with Crippen LogP contribution in [-0.4, -0.2) is 47.4 Å². The second-order valence-electron chi connectivity index (χ2n) is 5.45. The normalized spacial score (nSPS) is 19.6. The van der Waals surface area contributed by atoms with Crippen molar-refractivity contribution in [3.8, 4) is 0 Å². The lowest BCUT2D eigenvalue weighted by Crippen LogP contribution is -2.45. The minimum absolute atomic E-state index is 0.252. The van der Waals surface area contributed by atoms with Crippen molar-refractivity contribution in [1.82, 2.24) is 19.6 Å². The van der Waals surface area contributed by atoms with E-state index in [0.717, 1.165) is 17.3 Å². The summed E-state index contributed by atoms with van der Waals surface area (Å²) in [7, 11) is -3.35. The third-order valence-electron chi connectivity index (χ3n) is 3.80. The van der Waals surface area contributed by atoms with Crippen LogP contribution in [-0.2, 0) is 21.4 Å². The van der Waals surface area contributed by atoms with E-state index >= 15 is 0 Å². The van der Waals surface area contributed by atoms with Gasteiger partial charge in [-0.2, -0.15) is 4.31 Å². The Kier molecular flexibility index (Phi) is 3.88. The van der Waals surface area contributed by atoms with Crippen LogP contribution in [0.5, 0.6) is 0 Å². The fourth-order valence-corrected chi connectivity index (χ4v) is 3.90. The van der Waals surface area contributed by atoms with E-state index in [1.54, 1.807) is 0 Å². The Bertz CT molecular complexity index is 766. The van der Waals surface area contributed by atoms with E-state index in [2.05, 4.69) is 15.3 Å². The molecule has 1 unspecified atom stereocenters. The molecule has 1 atom stereocenters. The van der Waals surface area contributed by atoms with E-state index in [4.69, 9.17) is 0 Å². The molecule has 0 saturated carbocycles. The van der Waals surface area contributed by atoms with Gasteiger partial charge in [-0.3, -0.25) is 4.79 Å². The van der Waals surface area contributed by atoms with Crippen LogP contribution >= 0.6 is 0 Å². The number of aromatic nitrogens is 2. The molecule has 0 spiro atoms. The van der Waals surface area contributed by atoms with Crippen molar-refractivity contribution >= 4 is 27.0 Å². The molecular weight excluding hydrogens is 304 g/mol. The molecule has 8 heteroatoms. The molecule has 0 aliphatic carbocycles. The number of aromatic amines is 1. The molecule has 2 N–H and O–H groups in total. The van der Waals surface area contributed by atoms with Gasteiger partial charge in [0.05, 0.1) is 23.8 Å². The molecule has 1 amide bonds. The fraction of sp³-hybridized carbons (Fsp3) is 0.429.